The van der Waals surface area contributed by atoms with Gasteiger partial charge in [-0.3, -0.25) is 4.98 Å². The largest absolute Gasteiger partial charge is 0.573 e. The molecule has 1 aromatic heterocycles. The van der Waals surface area contributed by atoms with Crippen LogP contribution >= 0.6 is 0 Å². The maximum atomic E-state index is 12.7. The van der Waals surface area contributed by atoms with Crippen molar-refractivity contribution < 1.29 is 36.6 Å². The number of carbonyl (C=O) groups excluding carboxylic acids is 1. The van der Waals surface area contributed by atoms with Gasteiger partial charge in [-0.2, -0.15) is 0 Å². The minimum atomic E-state index is -5.00. The van der Waals surface area contributed by atoms with Crippen LogP contribution in [0.3, 0.4) is 0 Å². The number of nitrogens with zero attached hydrogens (tertiary/aromatic N) is 1. The molecule has 0 aliphatic rings. The van der Waals surface area contributed by atoms with Gasteiger partial charge in [0.15, 0.2) is 11.5 Å². The van der Waals surface area contributed by atoms with Gasteiger partial charge in [0.05, 0.1) is 26.1 Å². The lowest BCUT2D eigenvalue weighted by Gasteiger charge is -2.15. The molecule has 0 unspecified atom stereocenters. The Balaban J connectivity index is 3.40. The first-order valence-corrected chi connectivity index (χ1v) is 4.80. The van der Waals surface area contributed by atoms with Gasteiger partial charge in [0.2, 0.25) is 0 Å². The van der Waals surface area contributed by atoms with E-state index < -0.39 is 41.8 Å². The zero-order valence-corrected chi connectivity index (χ0v) is 9.88. The smallest absolute Gasteiger partial charge is 0.492 e. The van der Waals surface area contributed by atoms with Gasteiger partial charge in [0, 0.05) is 0 Å². The second-order valence-electron chi connectivity index (χ2n) is 3.15. The standard InChI is InChI=1S/C10H9F4NO4/c1-17-8-6(19-10(12,13)14)4-15-5(3-11)7(8)9(16)18-2/h4H,3H2,1-2H3. The number of pyridine rings is 1. The molecule has 0 aliphatic carbocycles. The number of ether oxygens (including phenoxy) is 3. The molecule has 0 aliphatic heterocycles. The molecule has 0 amide bonds. The topological polar surface area (TPSA) is 57.7 Å². The molecule has 0 aromatic carbocycles. The van der Waals surface area contributed by atoms with Crippen LogP contribution in [-0.2, 0) is 11.4 Å². The van der Waals surface area contributed by atoms with Crippen molar-refractivity contribution in [3.8, 4) is 11.5 Å². The number of carbonyl (C=O) groups is 1. The Morgan fingerprint density at radius 1 is 1.37 bits per heavy atom. The zero-order chi connectivity index (χ0) is 14.6. The quantitative estimate of drug-likeness (QED) is 0.626. The Morgan fingerprint density at radius 2 is 2.00 bits per heavy atom. The number of methoxy groups -OCH3 is 2. The van der Waals surface area contributed by atoms with E-state index in [4.69, 9.17) is 0 Å². The minimum Gasteiger partial charge on any atom is -0.492 e. The van der Waals surface area contributed by atoms with Crippen molar-refractivity contribution >= 4 is 5.97 Å². The number of alkyl halides is 4. The summed E-state index contributed by atoms with van der Waals surface area (Å²) in [6.45, 7) is -1.17. The lowest BCUT2D eigenvalue weighted by Crippen LogP contribution is -2.19. The molecule has 9 heteroatoms. The summed E-state index contributed by atoms with van der Waals surface area (Å²) in [7, 11) is 1.99. The van der Waals surface area contributed by atoms with Crippen molar-refractivity contribution in [3.63, 3.8) is 0 Å². The van der Waals surface area contributed by atoms with Gasteiger partial charge >= 0.3 is 12.3 Å². The molecule has 0 N–H and O–H groups in total. The van der Waals surface area contributed by atoms with E-state index in [2.05, 4.69) is 19.2 Å². The van der Waals surface area contributed by atoms with Gasteiger partial charge in [0.1, 0.15) is 12.2 Å². The van der Waals surface area contributed by atoms with E-state index in [-0.39, 0.29) is 0 Å². The lowest BCUT2D eigenvalue weighted by atomic mass is 10.1. The molecule has 1 heterocycles. The Labute approximate surface area is 105 Å². The highest BCUT2D eigenvalue weighted by atomic mass is 19.4. The molecule has 0 bridgehead atoms. The second kappa shape index (κ2) is 5.72. The van der Waals surface area contributed by atoms with Crippen molar-refractivity contribution in [2.45, 2.75) is 13.0 Å². The van der Waals surface area contributed by atoms with Crippen LogP contribution in [0.1, 0.15) is 16.1 Å². The fraction of sp³-hybridized carbons (Fsp3) is 0.400. The van der Waals surface area contributed by atoms with Crippen LogP contribution in [0.4, 0.5) is 17.6 Å². The molecule has 0 saturated heterocycles. The van der Waals surface area contributed by atoms with Gasteiger partial charge in [-0.05, 0) is 0 Å². The third-order valence-corrected chi connectivity index (χ3v) is 2.02. The fourth-order valence-corrected chi connectivity index (χ4v) is 1.33. The van der Waals surface area contributed by atoms with Gasteiger partial charge in [0.25, 0.3) is 0 Å². The maximum absolute atomic E-state index is 12.7. The highest BCUT2D eigenvalue weighted by Gasteiger charge is 2.34. The molecular weight excluding hydrogens is 274 g/mol. The van der Waals surface area contributed by atoms with E-state index >= 15 is 0 Å². The number of esters is 1. The average molecular weight is 283 g/mol. The van der Waals surface area contributed by atoms with Crippen LogP contribution in [0.5, 0.6) is 11.5 Å². The van der Waals surface area contributed by atoms with Crippen molar-refractivity contribution in [1.29, 1.82) is 0 Å². The second-order valence-corrected chi connectivity index (χ2v) is 3.15. The first-order valence-electron chi connectivity index (χ1n) is 4.80. The van der Waals surface area contributed by atoms with E-state index in [1.54, 1.807) is 0 Å². The molecule has 0 atom stereocenters. The molecule has 5 nitrogen and oxygen atoms in total. The predicted molar refractivity (Wildman–Crippen MR) is 53.6 cm³/mol. The predicted octanol–water partition coefficient (Wildman–Crippen LogP) is 2.24. The number of aromatic nitrogens is 1. The molecule has 0 radical (unpaired) electrons. The number of halogens is 4. The normalized spacial score (nSPS) is 11.1. The fourth-order valence-electron chi connectivity index (χ4n) is 1.33. The van der Waals surface area contributed by atoms with Gasteiger partial charge in [-0.1, -0.05) is 0 Å². The number of rotatable bonds is 4. The SMILES string of the molecule is COC(=O)c1c(CF)ncc(OC(F)(F)F)c1OC. The van der Waals surface area contributed by atoms with E-state index in [1.807, 2.05) is 0 Å². The summed E-state index contributed by atoms with van der Waals surface area (Å²) in [6, 6.07) is 0. The summed E-state index contributed by atoms with van der Waals surface area (Å²) in [5.74, 6) is -2.52. The van der Waals surface area contributed by atoms with Crippen molar-refractivity contribution in [3.05, 3.63) is 17.5 Å². The van der Waals surface area contributed by atoms with Crippen molar-refractivity contribution in [2.24, 2.45) is 0 Å². The lowest BCUT2D eigenvalue weighted by molar-refractivity contribution is -0.275. The van der Waals surface area contributed by atoms with Crippen LogP contribution in [0.25, 0.3) is 0 Å². The van der Waals surface area contributed by atoms with Gasteiger partial charge in [-0.25, -0.2) is 9.18 Å². The first-order chi connectivity index (χ1) is 8.84. The molecular formula is C10H9F4NO4. The average Bonchev–Trinajstić information content (AvgIpc) is 2.35. The van der Waals surface area contributed by atoms with Crippen LogP contribution in [0, 0.1) is 0 Å². The van der Waals surface area contributed by atoms with Crippen LogP contribution in [0.15, 0.2) is 6.20 Å². The van der Waals surface area contributed by atoms with E-state index in [0.29, 0.717) is 6.20 Å². The van der Waals surface area contributed by atoms with Crippen LogP contribution < -0.4 is 9.47 Å². The van der Waals surface area contributed by atoms with E-state index in [1.165, 1.54) is 0 Å². The zero-order valence-electron chi connectivity index (χ0n) is 9.88. The summed E-state index contributed by atoms with van der Waals surface area (Å²) in [5.41, 5.74) is -0.951. The van der Waals surface area contributed by atoms with Gasteiger partial charge in [-0.15, -0.1) is 13.2 Å². The molecule has 19 heavy (non-hydrogen) atoms. The highest BCUT2D eigenvalue weighted by molar-refractivity contribution is 5.94. The van der Waals surface area contributed by atoms with E-state index in [9.17, 15) is 22.4 Å². The van der Waals surface area contributed by atoms with E-state index in [0.717, 1.165) is 14.2 Å². The molecule has 0 saturated carbocycles. The number of hydrogen-bond donors (Lipinski definition) is 0. The Bertz CT molecular complexity index is 475. The molecule has 1 aromatic rings. The Morgan fingerprint density at radius 3 is 2.42 bits per heavy atom. The highest BCUT2D eigenvalue weighted by Crippen LogP contribution is 2.36. The van der Waals surface area contributed by atoms with Crippen molar-refractivity contribution in [1.82, 2.24) is 4.98 Å². The summed E-state index contributed by atoms with van der Waals surface area (Å²) in [6.07, 6.45) is -4.38. The summed E-state index contributed by atoms with van der Waals surface area (Å²) in [5, 5.41) is 0. The first kappa shape index (κ1) is 15.0. The molecule has 0 fully saturated rings. The summed E-state index contributed by atoms with van der Waals surface area (Å²) >= 11 is 0. The summed E-state index contributed by atoms with van der Waals surface area (Å²) in [4.78, 5) is 14.8. The van der Waals surface area contributed by atoms with Crippen LogP contribution in [-0.4, -0.2) is 31.5 Å². The molecule has 1 rings (SSSR count). The molecule has 0 spiro atoms. The third-order valence-electron chi connectivity index (χ3n) is 2.02. The molecule has 106 valence electrons. The Hall–Kier alpha value is -2.06. The maximum Gasteiger partial charge on any atom is 0.573 e. The Kier molecular flexibility index (Phi) is 4.52. The summed E-state index contributed by atoms with van der Waals surface area (Å²) < 4.78 is 61.8. The monoisotopic (exact) mass is 283 g/mol. The van der Waals surface area contributed by atoms with Gasteiger partial charge < -0.3 is 14.2 Å². The van der Waals surface area contributed by atoms with Crippen molar-refractivity contribution in [2.75, 3.05) is 14.2 Å². The number of hydrogen-bond acceptors (Lipinski definition) is 5. The third kappa shape index (κ3) is 3.46. The minimum absolute atomic E-state index is 0.404. The van der Waals surface area contributed by atoms with Crippen LogP contribution in [0.2, 0.25) is 0 Å².